The van der Waals surface area contributed by atoms with Gasteiger partial charge >= 0.3 is 0 Å². The molecule has 2 heterocycles. The summed E-state index contributed by atoms with van der Waals surface area (Å²) in [4.78, 5) is 11.9. The summed E-state index contributed by atoms with van der Waals surface area (Å²) in [5, 5.41) is 10.0. The third-order valence-electron chi connectivity index (χ3n) is 4.26. The molecule has 1 unspecified atom stereocenters. The molecule has 0 radical (unpaired) electrons. The zero-order valence-electron chi connectivity index (χ0n) is 16.0. The monoisotopic (exact) mass is 479 g/mol. The lowest BCUT2D eigenvalue weighted by Gasteiger charge is -2.21. The van der Waals surface area contributed by atoms with E-state index < -0.39 is 0 Å². The smallest absolute Gasteiger partial charge is 0.191 e. The first-order valence-corrected chi connectivity index (χ1v) is 10.1. The van der Waals surface area contributed by atoms with Crippen LogP contribution in [0.15, 0.2) is 10.4 Å². The summed E-state index contributed by atoms with van der Waals surface area (Å²) in [6.45, 7) is 14.9. The predicted molar refractivity (Wildman–Crippen MR) is 119 cm³/mol. The highest BCUT2D eigenvalue weighted by Gasteiger charge is 2.14. The third kappa shape index (κ3) is 8.21. The quantitative estimate of drug-likeness (QED) is 0.340. The van der Waals surface area contributed by atoms with Gasteiger partial charge in [0.25, 0.3) is 0 Å². The molecule has 144 valence electrons. The SMILES string of the molecule is CCNC(=NCc1nc(C(C)C)cs1)NCC(C)CN1CCCC1.I. The minimum absolute atomic E-state index is 0. The number of rotatable bonds is 8. The normalized spacial score (nSPS) is 16.8. The highest BCUT2D eigenvalue weighted by Crippen LogP contribution is 2.18. The van der Waals surface area contributed by atoms with Gasteiger partial charge in [-0.2, -0.15) is 0 Å². The maximum Gasteiger partial charge on any atom is 0.191 e. The van der Waals surface area contributed by atoms with Gasteiger partial charge in [0.15, 0.2) is 5.96 Å². The topological polar surface area (TPSA) is 52.6 Å². The van der Waals surface area contributed by atoms with Gasteiger partial charge < -0.3 is 15.5 Å². The Morgan fingerprint density at radius 2 is 2.00 bits per heavy atom. The van der Waals surface area contributed by atoms with Crippen molar-refractivity contribution in [2.24, 2.45) is 10.9 Å². The number of nitrogens with zero attached hydrogens (tertiary/aromatic N) is 3. The van der Waals surface area contributed by atoms with Crippen LogP contribution in [0.1, 0.15) is 57.2 Å². The van der Waals surface area contributed by atoms with E-state index in [4.69, 9.17) is 0 Å². The van der Waals surface area contributed by atoms with Gasteiger partial charge in [-0.05, 0) is 44.7 Å². The van der Waals surface area contributed by atoms with Crippen molar-refractivity contribution < 1.29 is 0 Å². The van der Waals surface area contributed by atoms with E-state index in [1.54, 1.807) is 11.3 Å². The molecule has 5 nitrogen and oxygen atoms in total. The Kier molecular flexibility index (Phi) is 10.9. The van der Waals surface area contributed by atoms with Gasteiger partial charge in [-0.15, -0.1) is 35.3 Å². The molecule has 1 aromatic rings. The van der Waals surface area contributed by atoms with Crippen molar-refractivity contribution in [3.8, 4) is 0 Å². The average Bonchev–Trinajstić information content (AvgIpc) is 3.21. The summed E-state index contributed by atoms with van der Waals surface area (Å²) < 4.78 is 0. The molecule has 0 aliphatic carbocycles. The van der Waals surface area contributed by atoms with Crippen molar-refractivity contribution in [1.82, 2.24) is 20.5 Å². The lowest BCUT2D eigenvalue weighted by atomic mass is 10.1. The first-order chi connectivity index (χ1) is 11.6. The van der Waals surface area contributed by atoms with Crippen LogP contribution in [-0.2, 0) is 6.54 Å². The second kappa shape index (κ2) is 12.1. The van der Waals surface area contributed by atoms with Crippen molar-refractivity contribution >= 4 is 41.3 Å². The Morgan fingerprint density at radius 3 is 2.60 bits per heavy atom. The summed E-state index contributed by atoms with van der Waals surface area (Å²) in [5.41, 5.74) is 1.17. The fourth-order valence-electron chi connectivity index (χ4n) is 2.89. The van der Waals surface area contributed by atoms with Crippen molar-refractivity contribution in [2.45, 2.75) is 53.0 Å². The number of thiazole rings is 1. The molecule has 0 amide bonds. The summed E-state index contributed by atoms with van der Waals surface area (Å²) in [7, 11) is 0. The molecule has 1 aliphatic heterocycles. The van der Waals surface area contributed by atoms with E-state index in [-0.39, 0.29) is 24.0 Å². The number of aliphatic imine (C=N–C) groups is 1. The van der Waals surface area contributed by atoms with E-state index in [0.29, 0.717) is 18.4 Å². The second-order valence-corrected chi connectivity index (χ2v) is 7.95. The predicted octanol–water partition coefficient (Wildman–Crippen LogP) is 3.67. The average molecular weight is 479 g/mol. The van der Waals surface area contributed by atoms with Crippen LogP contribution in [-0.4, -0.2) is 48.6 Å². The summed E-state index contributed by atoms with van der Waals surface area (Å²) in [6.07, 6.45) is 2.72. The Bertz CT molecular complexity index is 511. The minimum atomic E-state index is 0. The molecular weight excluding hydrogens is 445 g/mol. The number of guanidine groups is 1. The number of aromatic nitrogens is 1. The van der Waals surface area contributed by atoms with Crippen LogP contribution in [0.5, 0.6) is 0 Å². The molecule has 0 spiro atoms. The number of likely N-dealkylation sites (tertiary alicyclic amines) is 1. The van der Waals surface area contributed by atoms with Gasteiger partial charge in [0.1, 0.15) is 5.01 Å². The van der Waals surface area contributed by atoms with Crippen LogP contribution in [0.25, 0.3) is 0 Å². The Morgan fingerprint density at radius 1 is 1.28 bits per heavy atom. The largest absolute Gasteiger partial charge is 0.357 e. The Balaban J connectivity index is 0.00000312. The van der Waals surface area contributed by atoms with Crippen molar-refractivity contribution in [2.75, 3.05) is 32.7 Å². The van der Waals surface area contributed by atoms with E-state index in [0.717, 1.165) is 24.1 Å². The molecule has 1 fully saturated rings. The van der Waals surface area contributed by atoms with Crippen molar-refractivity contribution in [1.29, 1.82) is 0 Å². The minimum Gasteiger partial charge on any atom is -0.357 e. The fraction of sp³-hybridized carbons (Fsp3) is 0.778. The van der Waals surface area contributed by atoms with Crippen LogP contribution in [0.4, 0.5) is 0 Å². The Hall–Kier alpha value is -0.410. The van der Waals surface area contributed by atoms with Gasteiger partial charge in [-0.3, -0.25) is 0 Å². The van der Waals surface area contributed by atoms with Crippen LogP contribution in [0.3, 0.4) is 0 Å². The van der Waals surface area contributed by atoms with Crippen LogP contribution in [0, 0.1) is 5.92 Å². The molecule has 7 heteroatoms. The highest BCUT2D eigenvalue weighted by molar-refractivity contribution is 14.0. The standard InChI is InChI=1S/C18H33N5S.HI/c1-5-19-18(20-10-15(4)12-23-8-6-7-9-23)21-11-17-22-16(13-24-17)14(2)3;/h13-15H,5-12H2,1-4H3,(H2,19,20,21);1H. The molecule has 25 heavy (non-hydrogen) atoms. The molecule has 1 saturated heterocycles. The summed E-state index contributed by atoms with van der Waals surface area (Å²) in [6, 6.07) is 0. The molecule has 0 saturated carbocycles. The van der Waals surface area contributed by atoms with E-state index in [1.807, 2.05) is 0 Å². The Labute approximate surface area is 174 Å². The summed E-state index contributed by atoms with van der Waals surface area (Å²) >= 11 is 1.70. The van der Waals surface area contributed by atoms with Gasteiger partial charge in [0.2, 0.25) is 0 Å². The molecular formula is C18H34IN5S. The molecule has 1 atom stereocenters. The van der Waals surface area contributed by atoms with E-state index >= 15 is 0 Å². The first-order valence-electron chi connectivity index (χ1n) is 9.27. The number of nitrogens with one attached hydrogen (secondary N) is 2. The van der Waals surface area contributed by atoms with Crippen LogP contribution < -0.4 is 10.6 Å². The van der Waals surface area contributed by atoms with Crippen LogP contribution in [0.2, 0.25) is 0 Å². The zero-order valence-corrected chi connectivity index (χ0v) is 19.2. The van der Waals surface area contributed by atoms with Gasteiger partial charge in [-0.25, -0.2) is 9.98 Å². The maximum atomic E-state index is 4.69. The fourth-order valence-corrected chi connectivity index (χ4v) is 3.77. The van der Waals surface area contributed by atoms with Crippen molar-refractivity contribution in [3.63, 3.8) is 0 Å². The lowest BCUT2D eigenvalue weighted by Crippen LogP contribution is -2.41. The third-order valence-corrected chi connectivity index (χ3v) is 5.12. The number of hydrogen-bond donors (Lipinski definition) is 2. The zero-order chi connectivity index (χ0) is 17.4. The molecule has 1 aliphatic rings. The molecule has 0 bridgehead atoms. The lowest BCUT2D eigenvalue weighted by molar-refractivity contribution is 0.287. The number of halogens is 1. The first kappa shape index (κ1) is 22.6. The van der Waals surface area contributed by atoms with Crippen molar-refractivity contribution in [3.05, 3.63) is 16.1 Å². The number of hydrogen-bond acceptors (Lipinski definition) is 4. The summed E-state index contributed by atoms with van der Waals surface area (Å²) in [5.74, 6) is 2.00. The van der Waals surface area contributed by atoms with Crippen LogP contribution >= 0.6 is 35.3 Å². The molecule has 2 rings (SSSR count). The van der Waals surface area contributed by atoms with E-state index in [1.165, 1.54) is 38.2 Å². The van der Waals surface area contributed by atoms with E-state index in [2.05, 4.69) is 58.6 Å². The maximum absolute atomic E-state index is 4.69. The molecule has 2 N–H and O–H groups in total. The van der Waals surface area contributed by atoms with Gasteiger partial charge in [0, 0.05) is 25.0 Å². The van der Waals surface area contributed by atoms with Gasteiger partial charge in [0.05, 0.1) is 12.2 Å². The highest BCUT2D eigenvalue weighted by atomic mass is 127. The second-order valence-electron chi connectivity index (χ2n) is 7.01. The molecule has 0 aromatic carbocycles. The molecule has 1 aromatic heterocycles. The van der Waals surface area contributed by atoms with Gasteiger partial charge in [-0.1, -0.05) is 20.8 Å². The van der Waals surface area contributed by atoms with E-state index in [9.17, 15) is 0 Å².